The van der Waals surface area contributed by atoms with Crippen LogP contribution in [-0.4, -0.2) is 56.2 Å². The molecule has 4 aliphatic carbocycles. The molecule has 3 aromatic heterocycles. The molecule has 47 heavy (non-hydrogen) atoms. The van der Waals surface area contributed by atoms with Crippen LogP contribution in [0.15, 0.2) is 30.6 Å². The predicted octanol–water partition coefficient (Wildman–Crippen LogP) is 6.70. The number of aromatic nitrogens is 3. The number of hydrogen-bond donors (Lipinski definition) is 2. The van der Waals surface area contributed by atoms with E-state index in [4.69, 9.17) is 0 Å². The maximum absolute atomic E-state index is 13.0. The van der Waals surface area contributed by atoms with Crippen molar-refractivity contribution in [2.24, 2.45) is 17.3 Å². The number of rotatable bonds is 9. The number of halogens is 3. The van der Waals surface area contributed by atoms with Gasteiger partial charge in [0.1, 0.15) is 28.7 Å². The number of nitrogens with one attached hydrogen (secondary N) is 2. The summed E-state index contributed by atoms with van der Waals surface area (Å²) in [5, 5.41) is 18.7. The molecule has 2 bridgehead atoms. The highest BCUT2D eigenvalue weighted by molar-refractivity contribution is 7.18. The number of alkyl halides is 3. The Morgan fingerprint density at radius 3 is 2.57 bits per heavy atom. The minimum absolute atomic E-state index is 0.0490. The number of nitrogens with zero attached hydrogens (tertiary/aromatic N) is 5. The molecule has 9 rings (SSSR count). The molecule has 4 saturated carbocycles. The Morgan fingerprint density at radius 2 is 1.89 bits per heavy atom. The number of fused-ring (bicyclic) bond motifs is 2. The molecule has 4 aromatic rings. The third kappa shape index (κ3) is 5.35. The highest BCUT2D eigenvalue weighted by atomic mass is 32.1. The number of amides is 1. The van der Waals surface area contributed by atoms with E-state index < -0.39 is 12.6 Å². The van der Waals surface area contributed by atoms with Crippen LogP contribution in [0.25, 0.3) is 21.1 Å². The summed E-state index contributed by atoms with van der Waals surface area (Å²) in [4.78, 5) is 24.3. The third-order valence-electron chi connectivity index (χ3n) is 11.5. The minimum atomic E-state index is -4.26. The molecule has 0 unspecified atom stereocenters. The van der Waals surface area contributed by atoms with E-state index in [9.17, 15) is 23.2 Å². The molecule has 1 saturated heterocycles. The SMILES string of the molecule is Cc1c(CN2CCC(Nc3ncnc4sc(CC(F)(F)F)cc34)CC2)ccc2c1cc(C#N)n2CC12CC(NC(=O)C3CC3)(C1)[C@H]2C. The van der Waals surface area contributed by atoms with Crippen molar-refractivity contribution in [2.45, 2.75) is 89.6 Å². The summed E-state index contributed by atoms with van der Waals surface area (Å²) in [6, 6.07) is 10.6. The van der Waals surface area contributed by atoms with E-state index in [1.54, 1.807) is 6.07 Å². The van der Waals surface area contributed by atoms with Gasteiger partial charge in [-0.2, -0.15) is 18.4 Å². The molecule has 8 nitrogen and oxygen atoms in total. The first-order chi connectivity index (χ1) is 22.5. The summed E-state index contributed by atoms with van der Waals surface area (Å²) in [7, 11) is 0. The zero-order valence-electron chi connectivity index (χ0n) is 26.6. The van der Waals surface area contributed by atoms with Crippen LogP contribution in [0.1, 0.15) is 67.1 Å². The van der Waals surface area contributed by atoms with Gasteiger partial charge in [-0.3, -0.25) is 9.69 Å². The van der Waals surface area contributed by atoms with Crippen molar-refractivity contribution in [3.63, 3.8) is 0 Å². The van der Waals surface area contributed by atoms with Crippen molar-refractivity contribution < 1.29 is 18.0 Å². The molecule has 1 aliphatic heterocycles. The second-order valence-corrected chi connectivity index (χ2v) is 15.6. The van der Waals surface area contributed by atoms with Gasteiger partial charge < -0.3 is 15.2 Å². The lowest BCUT2D eigenvalue weighted by molar-refractivity contribution is -0.228. The summed E-state index contributed by atoms with van der Waals surface area (Å²) in [5.74, 6) is 1.45. The second kappa shape index (κ2) is 10.9. The summed E-state index contributed by atoms with van der Waals surface area (Å²) in [6.07, 6.45) is 1.99. The van der Waals surface area contributed by atoms with Crippen molar-refractivity contribution >= 4 is 44.2 Å². The molecule has 5 fully saturated rings. The number of nitriles is 1. The lowest BCUT2D eigenvalue weighted by atomic mass is 9.33. The van der Waals surface area contributed by atoms with E-state index in [2.05, 4.69) is 62.1 Å². The molecular formula is C35H38F3N7OS. The number of likely N-dealkylation sites (tertiary alicyclic amines) is 1. The molecule has 1 amide bonds. The third-order valence-corrected chi connectivity index (χ3v) is 12.6. The van der Waals surface area contributed by atoms with E-state index in [1.165, 1.54) is 17.5 Å². The summed E-state index contributed by atoms with van der Waals surface area (Å²) in [5.41, 5.74) is 4.32. The van der Waals surface area contributed by atoms with E-state index in [0.29, 0.717) is 27.6 Å². The van der Waals surface area contributed by atoms with Crippen molar-refractivity contribution in [2.75, 3.05) is 18.4 Å². The Hall–Kier alpha value is -3.69. The van der Waals surface area contributed by atoms with Gasteiger partial charge in [-0.05, 0) is 86.1 Å². The highest BCUT2D eigenvalue weighted by Crippen LogP contribution is 2.72. The quantitative estimate of drug-likeness (QED) is 0.207. The number of hydrogen-bond acceptors (Lipinski definition) is 7. The number of carbonyl (C=O) groups excluding carboxylic acids is 1. The van der Waals surface area contributed by atoms with Gasteiger partial charge in [0.05, 0.1) is 11.8 Å². The fraction of sp³-hybridized carbons (Fsp3) is 0.543. The van der Waals surface area contributed by atoms with Gasteiger partial charge in [-0.1, -0.05) is 13.0 Å². The molecule has 246 valence electrons. The maximum atomic E-state index is 13.0. The first-order valence-electron chi connectivity index (χ1n) is 16.6. The number of carbonyl (C=O) groups is 1. The fourth-order valence-corrected chi connectivity index (χ4v) is 9.55. The van der Waals surface area contributed by atoms with Gasteiger partial charge >= 0.3 is 6.18 Å². The maximum Gasteiger partial charge on any atom is 0.393 e. The zero-order chi connectivity index (χ0) is 32.7. The van der Waals surface area contributed by atoms with Crippen LogP contribution in [0, 0.1) is 35.5 Å². The monoisotopic (exact) mass is 661 g/mol. The average molecular weight is 662 g/mol. The molecule has 2 N–H and O–H groups in total. The average Bonchev–Trinajstić information content (AvgIpc) is 3.70. The van der Waals surface area contributed by atoms with E-state index in [1.807, 2.05) is 6.07 Å². The lowest BCUT2D eigenvalue weighted by Crippen LogP contribution is -2.81. The van der Waals surface area contributed by atoms with Crippen LogP contribution >= 0.6 is 11.3 Å². The van der Waals surface area contributed by atoms with E-state index in [0.717, 1.165) is 86.9 Å². The van der Waals surface area contributed by atoms with Crippen molar-refractivity contribution in [1.82, 2.24) is 24.8 Å². The van der Waals surface area contributed by atoms with Gasteiger partial charge in [-0.15, -0.1) is 11.3 Å². The molecule has 12 heteroatoms. The number of piperidine rings is 1. The molecule has 0 radical (unpaired) electrons. The Labute approximate surface area is 275 Å². The second-order valence-electron chi connectivity index (χ2n) is 14.5. The van der Waals surface area contributed by atoms with Crippen LogP contribution < -0.4 is 10.6 Å². The van der Waals surface area contributed by atoms with Crippen molar-refractivity contribution in [3.8, 4) is 6.07 Å². The van der Waals surface area contributed by atoms with Crippen LogP contribution in [0.5, 0.6) is 0 Å². The molecule has 1 aromatic carbocycles. The smallest absolute Gasteiger partial charge is 0.367 e. The highest BCUT2D eigenvalue weighted by Gasteiger charge is 2.74. The normalized spacial score (nSPS) is 26.2. The largest absolute Gasteiger partial charge is 0.393 e. The van der Waals surface area contributed by atoms with Gasteiger partial charge in [0.15, 0.2) is 0 Å². The summed E-state index contributed by atoms with van der Waals surface area (Å²) >= 11 is 1.07. The van der Waals surface area contributed by atoms with Crippen LogP contribution in [0.2, 0.25) is 0 Å². The van der Waals surface area contributed by atoms with E-state index >= 15 is 0 Å². The summed E-state index contributed by atoms with van der Waals surface area (Å²) in [6.45, 7) is 7.79. The van der Waals surface area contributed by atoms with Gasteiger partial charge in [0, 0.05) is 59.5 Å². The van der Waals surface area contributed by atoms with Crippen LogP contribution in [0.3, 0.4) is 0 Å². The zero-order valence-corrected chi connectivity index (χ0v) is 27.4. The first-order valence-corrected chi connectivity index (χ1v) is 17.4. The van der Waals surface area contributed by atoms with Crippen molar-refractivity contribution in [1.29, 1.82) is 5.26 Å². The van der Waals surface area contributed by atoms with Crippen LogP contribution in [0.4, 0.5) is 19.0 Å². The Morgan fingerprint density at radius 1 is 1.13 bits per heavy atom. The van der Waals surface area contributed by atoms with Gasteiger partial charge in [-0.25, -0.2) is 9.97 Å². The molecule has 0 spiro atoms. The molecule has 5 aliphatic rings. The Kier molecular flexibility index (Phi) is 7.12. The first kappa shape index (κ1) is 30.6. The van der Waals surface area contributed by atoms with Gasteiger partial charge in [0.25, 0.3) is 0 Å². The minimum Gasteiger partial charge on any atom is -0.367 e. The lowest BCUT2D eigenvalue weighted by Gasteiger charge is -2.76. The predicted molar refractivity (Wildman–Crippen MR) is 175 cm³/mol. The molecular weight excluding hydrogens is 623 g/mol. The topological polar surface area (TPSA) is 98.9 Å². The Bertz CT molecular complexity index is 1920. The van der Waals surface area contributed by atoms with Crippen LogP contribution in [-0.2, 0) is 24.3 Å². The van der Waals surface area contributed by atoms with Gasteiger partial charge in [0.2, 0.25) is 5.91 Å². The number of benzene rings is 1. The fourth-order valence-electron chi connectivity index (χ4n) is 8.52. The van der Waals surface area contributed by atoms with E-state index in [-0.39, 0.29) is 33.7 Å². The number of aryl methyl sites for hydroxylation is 1. The number of anilines is 1. The standard InChI is InChI=1S/C35H38F3N7OS/c1-20-23(15-44-9-7-24(8-10-44)42-30-28-12-26(13-35(36,37)38)47-32(28)41-19-40-30)5-6-29-27(20)11-25(14-39)45(29)18-33-16-34(17-33,21(33)2)43-31(46)22-3-4-22/h5-6,11-12,19,21-22,24H,3-4,7-10,13,15-18H2,1-2H3,(H,43,46)(H,40,41,42)/t21-,33?,34?/m0/s1. The number of thiophene rings is 1. The molecule has 1 atom stereocenters. The Balaban J connectivity index is 0.912. The molecule has 4 heterocycles. The van der Waals surface area contributed by atoms with Crippen molar-refractivity contribution in [3.05, 3.63) is 52.3 Å². The summed E-state index contributed by atoms with van der Waals surface area (Å²) < 4.78 is 41.1.